The highest BCUT2D eigenvalue weighted by molar-refractivity contribution is 5.82. The van der Waals surface area contributed by atoms with Crippen LogP contribution >= 0.6 is 0 Å². The Hall–Kier alpha value is -4.17. The molecule has 8 nitrogen and oxygen atoms in total. The van der Waals surface area contributed by atoms with Crippen LogP contribution in [0.5, 0.6) is 0 Å². The topological polar surface area (TPSA) is 100 Å². The summed E-state index contributed by atoms with van der Waals surface area (Å²) in [6.45, 7) is 1.87. The van der Waals surface area contributed by atoms with Crippen LogP contribution < -0.4 is 5.32 Å². The van der Waals surface area contributed by atoms with E-state index in [4.69, 9.17) is 18.9 Å². The summed E-state index contributed by atoms with van der Waals surface area (Å²) in [7, 11) is 0. The maximum absolute atomic E-state index is 12.8. The summed E-state index contributed by atoms with van der Waals surface area (Å²) in [4.78, 5) is 37.3. The van der Waals surface area contributed by atoms with Crippen molar-refractivity contribution in [1.29, 1.82) is 0 Å². The Morgan fingerprint density at radius 3 is 1.70 bits per heavy atom. The number of hydrogen-bond donors (Lipinski definition) is 1. The van der Waals surface area contributed by atoms with Gasteiger partial charge in [0.2, 0.25) is 0 Å². The summed E-state index contributed by atoms with van der Waals surface area (Å²) in [5.74, 6) is -1.25. The molecule has 3 rings (SSSR count). The van der Waals surface area contributed by atoms with Gasteiger partial charge in [-0.05, 0) is 23.6 Å². The minimum Gasteiger partial charge on any atom is -0.463 e. The molecule has 0 aliphatic carbocycles. The van der Waals surface area contributed by atoms with Crippen LogP contribution in [0.3, 0.4) is 0 Å². The van der Waals surface area contributed by atoms with E-state index >= 15 is 0 Å². The third kappa shape index (κ3) is 10.1. The summed E-state index contributed by atoms with van der Waals surface area (Å²) in [5.41, 5.74) is 2.57. The Kier molecular flexibility index (Phi) is 11.2. The molecular weight excluding hydrogens is 474 g/mol. The number of rotatable bonds is 13. The Bertz CT molecular complexity index is 1110. The highest BCUT2D eigenvalue weighted by Crippen LogP contribution is 2.09. The van der Waals surface area contributed by atoms with Crippen molar-refractivity contribution in [2.24, 2.45) is 0 Å². The molecule has 0 spiro atoms. The van der Waals surface area contributed by atoms with Gasteiger partial charge in [-0.15, -0.1) is 0 Å². The monoisotopic (exact) mass is 505 g/mol. The quantitative estimate of drug-likeness (QED) is 0.268. The molecule has 0 heterocycles. The highest BCUT2D eigenvalue weighted by Gasteiger charge is 2.30. The molecule has 0 unspecified atom stereocenters. The molecule has 194 valence electrons. The summed E-state index contributed by atoms with van der Waals surface area (Å²) < 4.78 is 21.6. The van der Waals surface area contributed by atoms with Gasteiger partial charge in [0.05, 0.1) is 19.1 Å². The summed E-state index contributed by atoms with van der Waals surface area (Å²) in [5, 5.41) is 2.53. The largest absolute Gasteiger partial charge is 0.463 e. The van der Waals surface area contributed by atoms with E-state index in [-0.39, 0.29) is 32.8 Å². The lowest BCUT2D eigenvalue weighted by Gasteiger charge is -2.23. The van der Waals surface area contributed by atoms with Crippen molar-refractivity contribution in [2.45, 2.75) is 45.3 Å². The van der Waals surface area contributed by atoms with Crippen molar-refractivity contribution in [1.82, 2.24) is 5.32 Å². The molecule has 0 saturated heterocycles. The lowest BCUT2D eigenvalue weighted by molar-refractivity contribution is -0.153. The molecule has 0 aliphatic heterocycles. The van der Waals surface area contributed by atoms with Crippen LogP contribution in [-0.2, 0) is 48.4 Å². The summed E-state index contributed by atoms with van der Waals surface area (Å²) in [6.07, 6.45) is -1.64. The average Bonchev–Trinajstić information content (AvgIpc) is 2.94. The second-order valence-corrected chi connectivity index (χ2v) is 8.25. The zero-order valence-electron chi connectivity index (χ0n) is 20.7. The van der Waals surface area contributed by atoms with E-state index in [2.05, 4.69) is 5.32 Å². The number of carbonyl (C=O) groups excluding carboxylic acids is 3. The Balaban J connectivity index is 1.51. The fourth-order valence-electron chi connectivity index (χ4n) is 3.29. The van der Waals surface area contributed by atoms with E-state index in [1.165, 1.54) is 0 Å². The van der Waals surface area contributed by atoms with Gasteiger partial charge >= 0.3 is 18.0 Å². The van der Waals surface area contributed by atoms with Crippen molar-refractivity contribution in [2.75, 3.05) is 6.61 Å². The first kappa shape index (κ1) is 27.4. The number of benzene rings is 3. The molecule has 37 heavy (non-hydrogen) atoms. The standard InChI is InChI=1S/C29H31NO7/c1-22(35-19-23-11-5-2-6-12-23)27(30-29(33)37-21-25-15-9-4-10-16-25)28(32)34-18-17-26(31)36-20-24-13-7-3-8-14-24/h2-16,22,27H,17-21H2,1H3,(H,30,33)/t22-,27+/m1/s1. The van der Waals surface area contributed by atoms with Crippen molar-refractivity contribution in [3.05, 3.63) is 108 Å². The van der Waals surface area contributed by atoms with Gasteiger partial charge in [0, 0.05) is 0 Å². The van der Waals surface area contributed by atoms with E-state index in [0.717, 1.165) is 16.7 Å². The van der Waals surface area contributed by atoms with Crippen LogP contribution in [0.15, 0.2) is 91.0 Å². The van der Waals surface area contributed by atoms with E-state index in [1.54, 1.807) is 6.92 Å². The normalized spacial score (nSPS) is 12.1. The first-order chi connectivity index (χ1) is 18.0. The van der Waals surface area contributed by atoms with Gasteiger partial charge in [-0.2, -0.15) is 0 Å². The molecule has 0 fully saturated rings. The SMILES string of the molecule is C[C@@H](OCc1ccccc1)[C@H](NC(=O)OCc1ccccc1)C(=O)OCCC(=O)OCc1ccccc1. The molecule has 0 aliphatic rings. The number of esters is 2. The van der Waals surface area contributed by atoms with Gasteiger partial charge in [-0.25, -0.2) is 9.59 Å². The Labute approximate surface area is 216 Å². The fourth-order valence-corrected chi connectivity index (χ4v) is 3.29. The van der Waals surface area contributed by atoms with Crippen molar-refractivity contribution in [3.63, 3.8) is 0 Å². The summed E-state index contributed by atoms with van der Waals surface area (Å²) in [6, 6.07) is 26.7. The highest BCUT2D eigenvalue weighted by atomic mass is 16.6. The zero-order chi connectivity index (χ0) is 26.3. The molecule has 0 radical (unpaired) electrons. The van der Waals surface area contributed by atoms with Gasteiger partial charge in [0.25, 0.3) is 0 Å². The molecule has 0 aromatic heterocycles. The summed E-state index contributed by atoms with van der Waals surface area (Å²) >= 11 is 0. The predicted octanol–water partition coefficient (Wildman–Crippen LogP) is 4.56. The van der Waals surface area contributed by atoms with Crippen LogP contribution in [0.1, 0.15) is 30.0 Å². The van der Waals surface area contributed by atoms with Gasteiger partial charge in [-0.3, -0.25) is 4.79 Å². The molecule has 0 saturated carbocycles. The molecule has 3 aromatic rings. The number of hydrogen-bond acceptors (Lipinski definition) is 7. The fraction of sp³-hybridized carbons (Fsp3) is 0.276. The first-order valence-corrected chi connectivity index (χ1v) is 12.0. The van der Waals surface area contributed by atoms with Gasteiger partial charge in [0.15, 0.2) is 6.04 Å². The lowest BCUT2D eigenvalue weighted by Crippen LogP contribution is -2.49. The number of nitrogens with one attached hydrogen (secondary N) is 1. The minimum absolute atomic E-state index is 0.0426. The first-order valence-electron chi connectivity index (χ1n) is 12.0. The number of amides is 1. The zero-order valence-corrected chi connectivity index (χ0v) is 20.7. The predicted molar refractivity (Wildman–Crippen MR) is 136 cm³/mol. The average molecular weight is 506 g/mol. The van der Waals surface area contributed by atoms with Crippen LogP contribution in [-0.4, -0.2) is 36.8 Å². The number of alkyl carbamates (subject to hydrolysis) is 1. The van der Waals surface area contributed by atoms with Crippen molar-refractivity contribution >= 4 is 18.0 Å². The molecule has 8 heteroatoms. The second-order valence-electron chi connectivity index (χ2n) is 8.25. The maximum atomic E-state index is 12.8. The molecule has 2 atom stereocenters. The Morgan fingerprint density at radius 2 is 1.16 bits per heavy atom. The number of ether oxygens (including phenoxy) is 4. The van der Waals surface area contributed by atoms with E-state index in [0.29, 0.717) is 0 Å². The van der Waals surface area contributed by atoms with Crippen LogP contribution in [0, 0.1) is 0 Å². The third-order valence-corrected chi connectivity index (χ3v) is 5.36. The maximum Gasteiger partial charge on any atom is 0.408 e. The van der Waals surface area contributed by atoms with E-state index in [9.17, 15) is 14.4 Å². The van der Waals surface area contributed by atoms with Crippen LogP contribution in [0.4, 0.5) is 4.79 Å². The molecule has 1 amide bonds. The molecule has 3 aromatic carbocycles. The van der Waals surface area contributed by atoms with E-state index in [1.807, 2.05) is 91.0 Å². The lowest BCUT2D eigenvalue weighted by atomic mass is 10.1. The molecule has 1 N–H and O–H groups in total. The van der Waals surface area contributed by atoms with Crippen molar-refractivity contribution < 1.29 is 33.3 Å². The van der Waals surface area contributed by atoms with Crippen LogP contribution in [0.2, 0.25) is 0 Å². The smallest absolute Gasteiger partial charge is 0.408 e. The second kappa shape index (κ2) is 15.1. The van der Waals surface area contributed by atoms with E-state index < -0.39 is 30.2 Å². The van der Waals surface area contributed by atoms with Gasteiger partial charge in [-0.1, -0.05) is 91.0 Å². The van der Waals surface area contributed by atoms with Crippen molar-refractivity contribution in [3.8, 4) is 0 Å². The number of carbonyl (C=O) groups is 3. The third-order valence-electron chi connectivity index (χ3n) is 5.36. The van der Waals surface area contributed by atoms with Gasteiger partial charge in [0.1, 0.15) is 19.8 Å². The van der Waals surface area contributed by atoms with Crippen LogP contribution in [0.25, 0.3) is 0 Å². The molecule has 0 bridgehead atoms. The molecular formula is C29H31NO7. The Morgan fingerprint density at radius 1 is 0.676 bits per heavy atom. The van der Waals surface area contributed by atoms with Gasteiger partial charge < -0.3 is 24.3 Å². The minimum atomic E-state index is -1.15.